The van der Waals surface area contributed by atoms with Crippen molar-refractivity contribution in [1.29, 1.82) is 0 Å². The molecule has 7 amide bonds. The number of phenolic OH excluding ortho intramolecular Hbond substituents is 1. The standard InChI is InChI=1S/C45H54N8O8S2/c1-27(54)48-39-26-63-62-25-38(40(47)56)53-44(60)36(23-29-15-18-33(55)19-16-29)50-41(57)34(13-7-8-20-46)49-42(58)37(24-30-14-17-31-11-5-6-12-32(31)21-30)51-43(59)35(52-45(39)61)22-28-9-3-2-4-10-28/h2-6,9-12,14-19,21,34-39,55H,7-8,13,20,22-26,46H2,1H3,(H2,47,56)(H,48,54)(H,49,58)(H,50,57)(H,51,59)(H,52,61)(H,53,60)/t34-,35-,36-,37-,38-,39-/m0/s1. The van der Waals surface area contributed by atoms with Crippen LogP contribution in [0.4, 0.5) is 0 Å². The molecule has 334 valence electrons. The Kier molecular flexibility index (Phi) is 18.2. The molecule has 16 nitrogen and oxygen atoms in total. The van der Waals surface area contributed by atoms with Crippen molar-refractivity contribution in [2.45, 2.75) is 81.7 Å². The van der Waals surface area contributed by atoms with E-state index in [0.717, 1.165) is 32.4 Å². The Labute approximate surface area is 373 Å². The van der Waals surface area contributed by atoms with E-state index in [1.165, 1.54) is 19.1 Å². The minimum Gasteiger partial charge on any atom is -0.508 e. The zero-order valence-corrected chi connectivity index (χ0v) is 36.5. The molecular formula is C45H54N8O8S2. The average molecular weight is 899 g/mol. The SMILES string of the molecule is CC(=O)N[C@H]1CSSC[C@@H](C(N)=O)NC(=O)[C@H](Cc2ccc(O)cc2)NC(=O)[C@H](CCCCN)NC(=O)[C@H](Cc2ccc3ccccc3c2)NC(=O)[C@H](Cc2ccccc2)NC1=O. The van der Waals surface area contributed by atoms with E-state index in [9.17, 15) is 38.7 Å². The van der Waals surface area contributed by atoms with Crippen molar-refractivity contribution in [1.82, 2.24) is 31.9 Å². The molecule has 1 fully saturated rings. The van der Waals surface area contributed by atoms with Crippen molar-refractivity contribution >= 4 is 73.7 Å². The van der Waals surface area contributed by atoms with Gasteiger partial charge in [0.1, 0.15) is 42.0 Å². The third-order valence-electron chi connectivity index (χ3n) is 10.3. The number of carbonyl (C=O) groups excluding carboxylic acids is 7. The first kappa shape index (κ1) is 47.9. The van der Waals surface area contributed by atoms with Crippen LogP contribution in [0.3, 0.4) is 0 Å². The lowest BCUT2D eigenvalue weighted by atomic mass is 9.99. The van der Waals surface area contributed by atoms with E-state index in [-0.39, 0.29) is 42.9 Å². The number of unbranched alkanes of at least 4 members (excludes halogenated alkanes) is 1. The molecule has 0 unspecified atom stereocenters. The highest BCUT2D eigenvalue weighted by molar-refractivity contribution is 8.76. The van der Waals surface area contributed by atoms with Gasteiger partial charge in [-0.25, -0.2) is 0 Å². The van der Waals surface area contributed by atoms with Crippen molar-refractivity contribution < 1.29 is 38.7 Å². The Morgan fingerprint density at radius 3 is 1.75 bits per heavy atom. The van der Waals surface area contributed by atoms with Gasteiger partial charge in [-0.3, -0.25) is 33.6 Å². The van der Waals surface area contributed by atoms with Gasteiger partial charge < -0.3 is 48.5 Å². The third-order valence-corrected chi connectivity index (χ3v) is 12.7. The molecule has 1 aliphatic rings. The van der Waals surface area contributed by atoms with E-state index in [0.29, 0.717) is 36.1 Å². The summed E-state index contributed by atoms with van der Waals surface area (Å²) >= 11 is 0. The van der Waals surface area contributed by atoms with Crippen LogP contribution in [-0.2, 0) is 52.8 Å². The molecule has 6 atom stereocenters. The fourth-order valence-corrected chi connectivity index (χ4v) is 9.27. The van der Waals surface area contributed by atoms with Gasteiger partial charge in [-0.15, -0.1) is 0 Å². The number of phenols is 1. The molecule has 18 heteroatoms. The summed E-state index contributed by atoms with van der Waals surface area (Å²) in [6, 6.07) is 21.0. The normalized spacial score (nSPS) is 22.1. The van der Waals surface area contributed by atoms with Crippen LogP contribution in [0.5, 0.6) is 5.75 Å². The fourth-order valence-electron chi connectivity index (χ4n) is 6.93. The van der Waals surface area contributed by atoms with Crippen LogP contribution in [0.2, 0.25) is 0 Å². The molecule has 0 saturated carbocycles. The molecule has 0 aliphatic carbocycles. The molecule has 1 aliphatic heterocycles. The van der Waals surface area contributed by atoms with Gasteiger partial charge in [-0.1, -0.05) is 107 Å². The monoisotopic (exact) mass is 898 g/mol. The van der Waals surface area contributed by atoms with Crippen molar-refractivity contribution in [2.24, 2.45) is 11.5 Å². The first-order valence-corrected chi connectivity index (χ1v) is 23.1. The van der Waals surface area contributed by atoms with Crippen molar-refractivity contribution in [3.63, 3.8) is 0 Å². The molecule has 0 bridgehead atoms. The number of primary amides is 1. The summed E-state index contributed by atoms with van der Waals surface area (Å²) in [5.41, 5.74) is 13.5. The third kappa shape index (κ3) is 15.0. The molecule has 5 rings (SSSR count). The molecule has 0 radical (unpaired) electrons. The molecular weight excluding hydrogens is 845 g/mol. The van der Waals surface area contributed by atoms with E-state index in [1.807, 2.05) is 48.5 Å². The first-order valence-electron chi connectivity index (χ1n) is 20.6. The lowest BCUT2D eigenvalue weighted by Gasteiger charge is -2.28. The Bertz CT molecular complexity index is 2230. The number of hydrogen-bond donors (Lipinski definition) is 9. The van der Waals surface area contributed by atoms with Crippen molar-refractivity contribution in [2.75, 3.05) is 18.1 Å². The summed E-state index contributed by atoms with van der Waals surface area (Å²) in [5, 5.41) is 28.3. The predicted molar refractivity (Wildman–Crippen MR) is 244 cm³/mol. The minimum atomic E-state index is -1.28. The van der Waals surface area contributed by atoms with Crippen LogP contribution in [0.25, 0.3) is 10.8 Å². The number of nitrogens with two attached hydrogens (primary N) is 2. The summed E-state index contributed by atoms with van der Waals surface area (Å²) in [6.07, 6.45) is 1.02. The fraction of sp³-hybridized carbons (Fsp3) is 0.356. The maximum atomic E-state index is 14.6. The van der Waals surface area contributed by atoms with E-state index in [4.69, 9.17) is 11.5 Å². The van der Waals surface area contributed by atoms with Gasteiger partial charge in [0.15, 0.2) is 0 Å². The zero-order chi connectivity index (χ0) is 45.3. The minimum absolute atomic E-state index is 0.00564. The maximum Gasteiger partial charge on any atom is 0.244 e. The van der Waals surface area contributed by atoms with Crippen molar-refractivity contribution in [3.05, 3.63) is 114 Å². The van der Waals surface area contributed by atoms with Gasteiger partial charge in [-0.2, -0.15) is 0 Å². The van der Waals surface area contributed by atoms with Crippen LogP contribution in [0.15, 0.2) is 97.1 Å². The summed E-state index contributed by atoms with van der Waals surface area (Å²) in [7, 11) is 2.25. The number of aromatic hydroxyl groups is 1. The number of amides is 7. The molecule has 1 saturated heterocycles. The highest BCUT2D eigenvalue weighted by Gasteiger charge is 2.34. The number of hydrogen-bond acceptors (Lipinski definition) is 11. The van der Waals surface area contributed by atoms with Gasteiger partial charge in [-0.05, 0) is 65.4 Å². The second-order valence-corrected chi connectivity index (χ2v) is 17.8. The topological polar surface area (TPSA) is 264 Å². The molecule has 4 aromatic carbocycles. The summed E-state index contributed by atoms with van der Waals surface area (Å²) in [6.45, 7) is 1.57. The summed E-state index contributed by atoms with van der Waals surface area (Å²) in [5.74, 6) is -4.94. The second kappa shape index (κ2) is 23.9. The van der Waals surface area contributed by atoms with Crippen LogP contribution in [0.1, 0.15) is 42.9 Å². The smallest absolute Gasteiger partial charge is 0.244 e. The van der Waals surface area contributed by atoms with E-state index >= 15 is 0 Å². The van der Waals surface area contributed by atoms with Crippen LogP contribution >= 0.6 is 21.6 Å². The summed E-state index contributed by atoms with van der Waals surface area (Å²) < 4.78 is 0. The molecule has 4 aromatic rings. The Morgan fingerprint density at radius 1 is 0.619 bits per heavy atom. The Hall–Kier alpha value is -6.11. The second-order valence-electron chi connectivity index (χ2n) is 15.3. The Morgan fingerprint density at radius 2 is 1.13 bits per heavy atom. The lowest BCUT2D eigenvalue weighted by molar-refractivity contribution is -0.135. The highest BCUT2D eigenvalue weighted by atomic mass is 33.1. The molecule has 0 aromatic heterocycles. The first-order chi connectivity index (χ1) is 30.3. The summed E-state index contributed by atoms with van der Waals surface area (Å²) in [4.78, 5) is 96.2. The van der Waals surface area contributed by atoms with Gasteiger partial charge in [0.05, 0.1) is 0 Å². The predicted octanol–water partition coefficient (Wildman–Crippen LogP) is 1.51. The van der Waals surface area contributed by atoms with E-state index in [1.54, 1.807) is 36.4 Å². The largest absolute Gasteiger partial charge is 0.508 e. The van der Waals surface area contributed by atoms with E-state index < -0.39 is 77.6 Å². The average Bonchev–Trinajstić information content (AvgIpc) is 3.26. The van der Waals surface area contributed by atoms with Gasteiger partial charge >= 0.3 is 0 Å². The van der Waals surface area contributed by atoms with Gasteiger partial charge in [0.2, 0.25) is 41.4 Å². The van der Waals surface area contributed by atoms with Crippen LogP contribution < -0.4 is 43.4 Å². The highest BCUT2D eigenvalue weighted by Crippen LogP contribution is 2.24. The zero-order valence-electron chi connectivity index (χ0n) is 34.8. The molecule has 11 N–H and O–H groups in total. The van der Waals surface area contributed by atoms with Crippen molar-refractivity contribution in [3.8, 4) is 5.75 Å². The van der Waals surface area contributed by atoms with Gasteiger partial charge in [0, 0.05) is 37.7 Å². The Balaban J connectivity index is 1.55. The maximum absolute atomic E-state index is 14.6. The number of nitrogens with one attached hydrogen (secondary N) is 6. The number of benzene rings is 4. The molecule has 63 heavy (non-hydrogen) atoms. The quantitative estimate of drug-likeness (QED) is 0.0727. The number of rotatable bonds is 12. The molecule has 1 heterocycles. The van der Waals surface area contributed by atoms with Crippen LogP contribution in [-0.4, -0.2) is 101 Å². The number of carbonyl (C=O) groups is 7. The van der Waals surface area contributed by atoms with Gasteiger partial charge in [0.25, 0.3) is 0 Å². The molecule has 0 spiro atoms. The number of fused-ring (bicyclic) bond motifs is 1. The van der Waals surface area contributed by atoms with E-state index in [2.05, 4.69) is 31.9 Å². The van der Waals surface area contributed by atoms with Crippen LogP contribution in [0, 0.1) is 0 Å². The lowest BCUT2D eigenvalue weighted by Crippen LogP contribution is -2.60.